The van der Waals surface area contributed by atoms with Crippen LogP contribution in [0.4, 0.5) is 5.69 Å². The molecule has 0 bridgehead atoms. The van der Waals surface area contributed by atoms with Crippen LogP contribution in [-0.4, -0.2) is 9.55 Å². The number of hydrogen-bond acceptors (Lipinski definition) is 2. The van der Waals surface area contributed by atoms with Crippen LogP contribution in [0.2, 0.25) is 0 Å². The minimum atomic E-state index is 0.310. The van der Waals surface area contributed by atoms with Gasteiger partial charge in [-0.2, -0.15) is 0 Å². The van der Waals surface area contributed by atoms with Gasteiger partial charge in [-0.3, -0.25) is 0 Å². The summed E-state index contributed by atoms with van der Waals surface area (Å²) in [5.74, 6) is 1.21. The largest absolute Gasteiger partial charge is 0.399 e. The third-order valence-corrected chi connectivity index (χ3v) is 5.46. The fourth-order valence-corrected chi connectivity index (χ4v) is 3.66. The molecule has 1 aromatic heterocycles. The molecule has 1 aliphatic carbocycles. The first-order valence-corrected chi connectivity index (χ1v) is 7.57. The third-order valence-electron chi connectivity index (χ3n) is 5.46. The number of nitrogens with two attached hydrogens (primary N) is 1. The number of fused-ring (bicyclic) bond motifs is 1. The Morgan fingerprint density at radius 3 is 2.40 bits per heavy atom. The third kappa shape index (κ3) is 1.62. The fraction of sp³-hybridized carbons (Fsp3) is 0.588. The van der Waals surface area contributed by atoms with Crippen molar-refractivity contribution in [3.63, 3.8) is 0 Å². The Morgan fingerprint density at radius 1 is 1.20 bits per heavy atom. The van der Waals surface area contributed by atoms with Crippen LogP contribution in [0.1, 0.15) is 52.9 Å². The lowest BCUT2D eigenvalue weighted by Gasteiger charge is -2.11. The van der Waals surface area contributed by atoms with Crippen molar-refractivity contribution in [2.24, 2.45) is 10.8 Å². The van der Waals surface area contributed by atoms with E-state index in [0.717, 1.165) is 24.0 Å². The summed E-state index contributed by atoms with van der Waals surface area (Å²) in [6.07, 6.45) is 2.14. The Labute approximate surface area is 121 Å². The molecule has 1 aromatic carbocycles. The maximum Gasteiger partial charge on any atom is 0.110 e. The van der Waals surface area contributed by atoms with Crippen LogP contribution >= 0.6 is 0 Å². The smallest absolute Gasteiger partial charge is 0.110 e. The molecule has 0 amide bonds. The molecule has 1 fully saturated rings. The second kappa shape index (κ2) is 4.00. The van der Waals surface area contributed by atoms with Crippen LogP contribution in [0.25, 0.3) is 11.0 Å². The molecule has 0 radical (unpaired) electrons. The molecule has 3 heteroatoms. The van der Waals surface area contributed by atoms with Gasteiger partial charge in [0.25, 0.3) is 0 Å². The van der Waals surface area contributed by atoms with Crippen molar-refractivity contribution < 1.29 is 0 Å². The maximum atomic E-state index is 5.91. The van der Waals surface area contributed by atoms with E-state index < -0.39 is 0 Å². The van der Waals surface area contributed by atoms with Crippen LogP contribution in [0, 0.1) is 10.8 Å². The standard InChI is InChI=1S/C17H25N3/c1-6-7-14-19-12-10-11(18)8-9-13(12)20(14)15-16(2,3)17(15,4)5/h8-10,15H,6-7,18H2,1-5H3. The van der Waals surface area contributed by atoms with Gasteiger partial charge in [-0.25, -0.2) is 4.98 Å². The number of hydrogen-bond donors (Lipinski definition) is 1. The lowest BCUT2D eigenvalue weighted by atomic mass is 10.0. The van der Waals surface area contributed by atoms with Crippen LogP contribution in [-0.2, 0) is 6.42 Å². The van der Waals surface area contributed by atoms with E-state index in [1.165, 1.54) is 11.3 Å². The molecule has 0 saturated heterocycles. The second-order valence-corrected chi connectivity index (χ2v) is 7.24. The number of imidazole rings is 1. The summed E-state index contributed by atoms with van der Waals surface area (Å²) in [7, 11) is 0. The highest BCUT2D eigenvalue weighted by Crippen LogP contribution is 2.72. The van der Waals surface area contributed by atoms with Gasteiger partial charge in [0.15, 0.2) is 0 Å². The van der Waals surface area contributed by atoms with Crippen molar-refractivity contribution in [1.82, 2.24) is 9.55 Å². The average molecular weight is 271 g/mol. The fourth-order valence-electron chi connectivity index (χ4n) is 3.66. The Morgan fingerprint density at radius 2 is 1.85 bits per heavy atom. The van der Waals surface area contributed by atoms with Crippen LogP contribution in [0.3, 0.4) is 0 Å². The van der Waals surface area contributed by atoms with Crippen molar-refractivity contribution >= 4 is 16.7 Å². The minimum Gasteiger partial charge on any atom is -0.399 e. The molecular formula is C17H25N3. The number of aromatic nitrogens is 2. The Balaban J connectivity index is 2.21. The summed E-state index contributed by atoms with van der Waals surface area (Å²) < 4.78 is 2.47. The molecule has 0 atom stereocenters. The van der Waals surface area contributed by atoms with Gasteiger partial charge in [0.2, 0.25) is 0 Å². The van der Waals surface area contributed by atoms with Gasteiger partial charge < -0.3 is 10.3 Å². The number of rotatable bonds is 3. The molecule has 1 heterocycles. The molecule has 2 aromatic rings. The predicted molar refractivity (Wildman–Crippen MR) is 84.7 cm³/mol. The number of nitrogens with zero attached hydrogens (tertiary/aromatic N) is 2. The van der Waals surface area contributed by atoms with Gasteiger partial charge in [-0.15, -0.1) is 0 Å². The molecule has 1 saturated carbocycles. The summed E-state index contributed by atoms with van der Waals surface area (Å²) in [4.78, 5) is 4.84. The zero-order chi connectivity index (χ0) is 14.7. The van der Waals surface area contributed by atoms with Crippen molar-refractivity contribution in [2.45, 2.75) is 53.5 Å². The van der Waals surface area contributed by atoms with Gasteiger partial charge in [0.1, 0.15) is 5.82 Å². The van der Waals surface area contributed by atoms with Crippen LogP contribution in [0.15, 0.2) is 18.2 Å². The average Bonchev–Trinajstić information content (AvgIpc) is 2.64. The monoisotopic (exact) mass is 271 g/mol. The van der Waals surface area contributed by atoms with Crippen LogP contribution < -0.4 is 5.73 Å². The van der Waals surface area contributed by atoms with Gasteiger partial charge >= 0.3 is 0 Å². The van der Waals surface area contributed by atoms with E-state index in [1.807, 2.05) is 12.1 Å². The molecule has 0 spiro atoms. The lowest BCUT2D eigenvalue weighted by molar-refractivity contribution is 0.457. The Hall–Kier alpha value is -1.51. The summed E-state index contributed by atoms with van der Waals surface area (Å²) >= 11 is 0. The van der Waals surface area contributed by atoms with Crippen molar-refractivity contribution in [1.29, 1.82) is 0 Å². The van der Waals surface area contributed by atoms with E-state index >= 15 is 0 Å². The summed E-state index contributed by atoms with van der Waals surface area (Å²) in [5, 5.41) is 0. The zero-order valence-electron chi connectivity index (χ0n) is 13.2. The summed E-state index contributed by atoms with van der Waals surface area (Å²) in [5.41, 5.74) is 9.58. The number of nitrogen functional groups attached to an aromatic ring is 1. The highest BCUT2D eigenvalue weighted by Gasteiger charge is 2.66. The van der Waals surface area contributed by atoms with Gasteiger partial charge in [0.05, 0.1) is 11.0 Å². The molecule has 3 rings (SSSR count). The first-order chi connectivity index (χ1) is 9.30. The van der Waals surface area contributed by atoms with Crippen molar-refractivity contribution in [3.05, 3.63) is 24.0 Å². The molecule has 0 unspecified atom stereocenters. The zero-order valence-corrected chi connectivity index (χ0v) is 13.2. The number of aryl methyl sites for hydroxylation is 1. The number of anilines is 1. The van der Waals surface area contributed by atoms with E-state index in [2.05, 4.69) is 45.3 Å². The van der Waals surface area contributed by atoms with Gasteiger partial charge in [-0.05, 0) is 35.4 Å². The Kier molecular flexibility index (Phi) is 2.69. The van der Waals surface area contributed by atoms with Crippen molar-refractivity contribution in [3.8, 4) is 0 Å². The van der Waals surface area contributed by atoms with E-state index in [9.17, 15) is 0 Å². The molecule has 108 valence electrons. The molecule has 20 heavy (non-hydrogen) atoms. The summed E-state index contributed by atoms with van der Waals surface area (Å²) in [6.45, 7) is 11.6. The van der Waals surface area contributed by atoms with E-state index in [1.54, 1.807) is 0 Å². The molecular weight excluding hydrogens is 246 g/mol. The highest BCUT2D eigenvalue weighted by molar-refractivity contribution is 5.80. The molecule has 2 N–H and O–H groups in total. The maximum absolute atomic E-state index is 5.91. The van der Waals surface area contributed by atoms with Crippen LogP contribution in [0.5, 0.6) is 0 Å². The molecule has 3 nitrogen and oxygen atoms in total. The normalized spacial score (nSPS) is 20.4. The van der Waals surface area contributed by atoms with Crippen molar-refractivity contribution in [2.75, 3.05) is 5.73 Å². The lowest BCUT2D eigenvalue weighted by Crippen LogP contribution is -2.06. The molecule has 0 aliphatic heterocycles. The highest BCUT2D eigenvalue weighted by atomic mass is 15.2. The van der Waals surface area contributed by atoms with Gasteiger partial charge in [0, 0.05) is 18.2 Å². The topological polar surface area (TPSA) is 43.8 Å². The predicted octanol–water partition coefficient (Wildman–Crippen LogP) is 4.18. The first kappa shape index (κ1) is 13.5. The van der Waals surface area contributed by atoms with Gasteiger partial charge in [-0.1, -0.05) is 34.6 Å². The Bertz CT molecular complexity index is 650. The number of benzene rings is 1. The first-order valence-electron chi connectivity index (χ1n) is 7.57. The van der Waals surface area contributed by atoms with E-state index in [0.29, 0.717) is 16.9 Å². The SMILES string of the molecule is CCCc1nc2cc(N)ccc2n1C1C(C)(C)C1(C)C. The van der Waals surface area contributed by atoms with E-state index in [4.69, 9.17) is 10.7 Å². The minimum absolute atomic E-state index is 0.310. The summed E-state index contributed by atoms with van der Waals surface area (Å²) in [6, 6.07) is 6.62. The van der Waals surface area contributed by atoms with E-state index in [-0.39, 0.29) is 0 Å². The second-order valence-electron chi connectivity index (χ2n) is 7.24. The quantitative estimate of drug-likeness (QED) is 0.851. The molecule has 1 aliphatic rings.